The van der Waals surface area contributed by atoms with Crippen LogP contribution in [0.25, 0.3) is 0 Å². The Morgan fingerprint density at radius 3 is 3.21 bits per heavy atom. The molecule has 0 bridgehead atoms. The summed E-state index contributed by atoms with van der Waals surface area (Å²) in [6.45, 7) is 7.74. The molecule has 1 aromatic rings. The molecule has 106 valence electrons. The quantitative estimate of drug-likeness (QED) is 0.874. The number of hydrogen-bond donors (Lipinski definition) is 1. The molecule has 1 fully saturated rings. The van der Waals surface area contributed by atoms with E-state index in [9.17, 15) is 0 Å². The molecule has 1 spiro atoms. The smallest absolute Gasteiger partial charge is 0.115 e. The summed E-state index contributed by atoms with van der Waals surface area (Å²) in [6.07, 6.45) is 2.98. The molecule has 1 aromatic heterocycles. The molecule has 5 heteroatoms. The highest BCUT2D eigenvalue weighted by Crippen LogP contribution is 2.44. The van der Waals surface area contributed by atoms with Crippen molar-refractivity contribution in [1.29, 1.82) is 0 Å². The van der Waals surface area contributed by atoms with E-state index in [2.05, 4.69) is 28.9 Å². The highest BCUT2D eigenvalue weighted by Gasteiger charge is 2.48. The summed E-state index contributed by atoms with van der Waals surface area (Å²) in [7, 11) is 1.73. The lowest BCUT2D eigenvalue weighted by molar-refractivity contribution is -0.146. The molecular formula is C14H23N3O2. The molecule has 2 aliphatic heterocycles. The third-order valence-corrected chi connectivity index (χ3v) is 4.54. The van der Waals surface area contributed by atoms with Gasteiger partial charge in [-0.2, -0.15) is 5.10 Å². The number of aromatic nitrogens is 2. The molecule has 0 saturated carbocycles. The zero-order chi connectivity index (χ0) is 13.5. The van der Waals surface area contributed by atoms with Crippen molar-refractivity contribution in [3.8, 4) is 0 Å². The number of fused-ring (bicyclic) bond motifs is 2. The van der Waals surface area contributed by atoms with Gasteiger partial charge in [0, 0.05) is 19.6 Å². The van der Waals surface area contributed by atoms with Gasteiger partial charge in [-0.15, -0.1) is 0 Å². The molecule has 0 radical (unpaired) electrons. The van der Waals surface area contributed by atoms with Crippen LogP contribution in [0.3, 0.4) is 0 Å². The molecule has 19 heavy (non-hydrogen) atoms. The second kappa shape index (κ2) is 4.89. The van der Waals surface area contributed by atoms with Crippen molar-refractivity contribution in [2.45, 2.75) is 31.9 Å². The Labute approximate surface area is 114 Å². The Bertz CT molecular complexity index is 460. The van der Waals surface area contributed by atoms with Gasteiger partial charge in [0.1, 0.15) is 5.60 Å². The number of methoxy groups -OCH3 is 1. The molecule has 0 unspecified atom stereocenters. The lowest BCUT2D eigenvalue weighted by Gasteiger charge is -2.47. The first-order valence-electron chi connectivity index (χ1n) is 7.07. The van der Waals surface area contributed by atoms with E-state index in [0.717, 1.165) is 19.5 Å². The highest BCUT2D eigenvalue weighted by atomic mass is 16.5. The maximum absolute atomic E-state index is 6.37. The van der Waals surface area contributed by atoms with Gasteiger partial charge in [0.2, 0.25) is 0 Å². The Kier molecular flexibility index (Phi) is 3.37. The van der Waals surface area contributed by atoms with Gasteiger partial charge in [0.15, 0.2) is 0 Å². The standard InChI is InChI=1S/C14H23N3O2/c1-10-6-16-17-12(8-18-3)9-19-14(13(10)17)4-5-15-7-11(14)2/h6,11-12,15H,4-5,7-9H2,1-3H3/t11-,12+,14+/m0/s1. The monoisotopic (exact) mass is 265 g/mol. The second-order valence-electron chi connectivity index (χ2n) is 5.79. The van der Waals surface area contributed by atoms with E-state index in [0.29, 0.717) is 19.1 Å². The Hall–Kier alpha value is -0.910. The predicted molar refractivity (Wildman–Crippen MR) is 72.2 cm³/mol. The van der Waals surface area contributed by atoms with Gasteiger partial charge in [-0.05, 0) is 25.5 Å². The average Bonchev–Trinajstić information content (AvgIpc) is 2.80. The minimum atomic E-state index is -0.171. The third kappa shape index (κ3) is 1.91. The van der Waals surface area contributed by atoms with Crippen LogP contribution in [-0.2, 0) is 15.1 Å². The molecular weight excluding hydrogens is 242 g/mol. The summed E-state index contributed by atoms with van der Waals surface area (Å²) in [5.41, 5.74) is 2.32. The Balaban J connectivity index is 2.04. The minimum absolute atomic E-state index is 0.171. The predicted octanol–water partition coefficient (Wildman–Crippen LogP) is 1.23. The number of nitrogens with one attached hydrogen (secondary N) is 1. The molecule has 0 aliphatic carbocycles. The van der Waals surface area contributed by atoms with Crippen LogP contribution >= 0.6 is 0 Å². The number of aryl methyl sites for hydroxylation is 1. The zero-order valence-corrected chi connectivity index (χ0v) is 12.0. The molecule has 0 aromatic carbocycles. The van der Waals surface area contributed by atoms with Crippen LogP contribution in [0, 0.1) is 12.8 Å². The number of piperidine rings is 1. The molecule has 2 aliphatic rings. The van der Waals surface area contributed by atoms with Crippen molar-refractivity contribution in [1.82, 2.24) is 15.1 Å². The molecule has 1 saturated heterocycles. The second-order valence-corrected chi connectivity index (χ2v) is 5.79. The van der Waals surface area contributed by atoms with Gasteiger partial charge < -0.3 is 14.8 Å². The van der Waals surface area contributed by atoms with E-state index in [-0.39, 0.29) is 11.6 Å². The maximum Gasteiger partial charge on any atom is 0.115 e. The molecule has 0 amide bonds. The topological polar surface area (TPSA) is 48.3 Å². The van der Waals surface area contributed by atoms with Crippen molar-refractivity contribution in [2.75, 3.05) is 33.4 Å². The number of ether oxygens (including phenoxy) is 2. The van der Waals surface area contributed by atoms with Crippen LogP contribution in [-0.4, -0.2) is 43.2 Å². The minimum Gasteiger partial charge on any atom is -0.382 e. The van der Waals surface area contributed by atoms with Crippen molar-refractivity contribution in [3.05, 3.63) is 17.5 Å². The fraction of sp³-hybridized carbons (Fsp3) is 0.786. The lowest BCUT2D eigenvalue weighted by atomic mass is 9.78. The van der Waals surface area contributed by atoms with E-state index in [4.69, 9.17) is 9.47 Å². The summed E-state index contributed by atoms with van der Waals surface area (Å²) in [6, 6.07) is 0.196. The fourth-order valence-corrected chi connectivity index (χ4v) is 3.52. The summed E-state index contributed by atoms with van der Waals surface area (Å²) < 4.78 is 13.8. The number of nitrogens with zero attached hydrogens (tertiary/aromatic N) is 2. The van der Waals surface area contributed by atoms with Crippen molar-refractivity contribution in [3.63, 3.8) is 0 Å². The molecule has 3 heterocycles. The summed E-state index contributed by atoms with van der Waals surface area (Å²) >= 11 is 0. The van der Waals surface area contributed by atoms with E-state index in [1.165, 1.54) is 11.3 Å². The van der Waals surface area contributed by atoms with E-state index >= 15 is 0 Å². The maximum atomic E-state index is 6.37. The van der Waals surface area contributed by atoms with Gasteiger partial charge in [0.25, 0.3) is 0 Å². The summed E-state index contributed by atoms with van der Waals surface area (Å²) in [5.74, 6) is 0.457. The zero-order valence-electron chi connectivity index (χ0n) is 12.0. The van der Waals surface area contributed by atoms with Crippen molar-refractivity contribution < 1.29 is 9.47 Å². The number of hydrogen-bond acceptors (Lipinski definition) is 4. The molecule has 3 atom stereocenters. The van der Waals surface area contributed by atoms with Crippen LogP contribution in [0.15, 0.2) is 6.20 Å². The Morgan fingerprint density at radius 1 is 1.63 bits per heavy atom. The van der Waals surface area contributed by atoms with E-state index in [1.807, 2.05) is 6.20 Å². The number of rotatable bonds is 2. The SMILES string of the molecule is COC[C@@H]1CO[C@@]2(CCNC[C@@H]2C)c2c(C)cnn21. The fourth-order valence-electron chi connectivity index (χ4n) is 3.52. The molecule has 3 rings (SSSR count). The first-order chi connectivity index (χ1) is 9.19. The van der Waals surface area contributed by atoms with Gasteiger partial charge >= 0.3 is 0 Å². The van der Waals surface area contributed by atoms with Gasteiger partial charge in [-0.3, -0.25) is 4.68 Å². The van der Waals surface area contributed by atoms with Crippen LogP contribution in [0.2, 0.25) is 0 Å². The third-order valence-electron chi connectivity index (χ3n) is 4.54. The van der Waals surface area contributed by atoms with Crippen molar-refractivity contribution >= 4 is 0 Å². The first-order valence-corrected chi connectivity index (χ1v) is 7.07. The first kappa shape index (κ1) is 13.1. The van der Waals surface area contributed by atoms with Crippen LogP contribution in [0.1, 0.15) is 30.6 Å². The summed E-state index contributed by atoms with van der Waals surface area (Å²) in [4.78, 5) is 0. The normalized spacial score (nSPS) is 34.5. The molecule has 1 N–H and O–H groups in total. The average molecular weight is 265 g/mol. The van der Waals surface area contributed by atoms with Gasteiger partial charge in [-0.1, -0.05) is 6.92 Å². The largest absolute Gasteiger partial charge is 0.382 e. The molecule has 5 nitrogen and oxygen atoms in total. The highest BCUT2D eigenvalue weighted by molar-refractivity contribution is 5.27. The van der Waals surface area contributed by atoms with Crippen LogP contribution < -0.4 is 5.32 Å². The van der Waals surface area contributed by atoms with Gasteiger partial charge in [0.05, 0.1) is 31.1 Å². The van der Waals surface area contributed by atoms with Crippen LogP contribution in [0.5, 0.6) is 0 Å². The lowest BCUT2D eigenvalue weighted by Crippen LogP contribution is -2.53. The summed E-state index contributed by atoms with van der Waals surface area (Å²) in [5, 5.41) is 8.03. The Morgan fingerprint density at radius 2 is 2.47 bits per heavy atom. The van der Waals surface area contributed by atoms with E-state index in [1.54, 1.807) is 7.11 Å². The van der Waals surface area contributed by atoms with Crippen molar-refractivity contribution in [2.24, 2.45) is 5.92 Å². The van der Waals surface area contributed by atoms with Gasteiger partial charge in [-0.25, -0.2) is 0 Å². The van der Waals surface area contributed by atoms with E-state index < -0.39 is 0 Å². The van der Waals surface area contributed by atoms with Crippen LogP contribution in [0.4, 0.5) is 0 Å².